The molecule has 0 amide bonds. The number of phenols is 1. The standard InChI is InChI=1S/C15H10N2O3S/c18-13-7-5-10(9-12(13)17(19)20)6-8-15-16-11-3-1-2-4-14(11)21-15/h1-9,18H/b8-6-. The number of benzene rings is 2. The van der Waals surface area contributed by atoms with Crippen LogP contribution in [0.15, 0.2) is 42.5 Å². The molecule has 0 unspecified atom stereocenters. The summed E-state index contributed by atoms with van der Waals surface area (Å²) in [7, 11) is 0. The van der Waals surface area contributed by atoms with Crippen molar-refractivity contribution in [3.63, 3.8) is 0 Å². The number of phenolic OH excluding ortho intramolecular Hbond substituents is 1. The van der Waals surface area contributed by atoms with E-state index in [-0.39, 0.29) is 11.4 Å². The Balaban J connectivity index is 1.92. The first-order chi connectivity index (χ1) is 10.1. The Morgan fingerprint density at radius 2 is 2.00 bits per heavy atom. The molecule has 1 N–H and O–H groups in total. The summed E-state index contributed by atoms with van der Waals surface area (Å²) in [6, 6.07) is 12.1. The first-order valence-electron chi connectivity index (χ1n) is 6.14. The monoisotopic (exact) mass is 298 g/mol. The molecule has 6 heteroatoms. The normalized spacial score (nSPS) is 11.2. The summed E-state index contributed by atoms with van der Waals surface area (Å²) >= 11 is 1.55. The largest absolute Gasteiger partial charge is 0.502 e. The number of fused-ring (bicyclic) bond motifs is 1. The second-order valence-electron chi connectivity index (χ2n) is 4.36. The maximum absolute atomic E-state index is 10.8. The Kier molecular flexibility index (Phi) is 3.37. The van der Waals surface area contributed by atoms with Crippen LogP contribution in [0, 0.1) is 10.1 Å². The zero-order chi connectivity index (χ0) is 14.8. The van der Waals surface area contributed by atoms with Crippen molar-refractivity contribution in [3.05, 3.63) is 63.1 Å². The average Bonchev–Trinajstić information content (AvgIpc) is 2.89. The predicted molar refractivity (Wildman–Crippen MR) is 83.3 cm³/mol. The summed E-state index contributed by atoms with van der Waals surface area (Å²) in [5.41, 5.74) is 1.26. The third-order valence-corrected chi connectivity index (χ3v) is 3.93. The van der Waals surface area contributed by atoms with Gasteiger partial charge in [0.1, 0.15) is 5.01 Å². The molecule has 3 aromatic rings. The van der Waals surface area contributed by atoms with Gasteiger partial charge in [-0.25, -0.2) is 4.98 Å². The molecule has 0 bridgehead atoms. The fourth-order valence-corrected chi connectivity index (χ4v) is 2.79. The van der Waals surface area contributed by atoms with Crippen molar-refractivity contribution in [3.8, 4) is 5.75 Å². The van der Waals surface area contributed by atoms with E-state index < -0.39 is 4.92 Å². The SMILES string of the molecule is O=[N+]([O-])c1cc(/C=C\c2nc3ccccc3s2)ccc1O. The van der Waals surface area contributed by atoms with E-state index in [2.05, 4.69) is 4.98 Å². The van der Waals surface area contributed by atoms with Gasteiger partial charge >= 0.3 is 5.69 Å². The molecular weight excluding hydrogens is 288 g/mol. The van der Waals surface area contributed by atoms with Crippen molar-refractivity contribution in [1.29, 1.82) is 0 Å². The lowest BCUT2D eigenvalue weighted by atomic mass is 10.2. The van der Waals surface area contributed by atoms with Crippen LogP contribution >= 0.6 is 11.3 Å². The first kappa shape index (κ1) is 13.3. The van der Waals surface area contributed by atoms with Gasteiger partial charge in [0.2, 0.25) is 0 Å². The molecule has 0 spiro atoms. The Morgan fingerprint density at radius 1 is 1.19 bits per heavy atom. The summed E-state index contributed by atoms with van der Waals surface area (Å²) in [6.45, 7) is 0. The van der Waals surface area contributed by atoms with Crippen LogP contribution in [0.1, 0.15) is 10.6 Å². The molecule has 1 aromatic heterocycles. The van der Waals surface area contributed by atoms with Gasteiger partial charge in [-0.15, -0.1) is 11.3 Å². The third kappa shape index (κ3) is 2.75. The maximum Gasteiger partial charge on any atom is 0.311 e. The lowest BCUT2D eigenvalue weighted by Gasteiger charge is -1.97. The lowest BCUT2D eigenvalue weighted by molar-refractivity contribution is -0.385. The van der Waals surface area contributed by atoms with E-state index in [4.69, 9.17) is 0 Å². The Hall–Kier alpha value is -2.73. The van der Waals surface area contributed by atoms with Gasteiger partial charge in [0.05, 0.1) is 15.1 Å². The third-order valence-electron chi connectivity index (χ3n) is 2.92. The van der Waals surface area contributed by atoms with Crippen LogP contribution in [0.2, 0.25) is 0 Å². The molecule has 0 fully saturated rings. The number of nitrogens with zero attached hydrogens (tertiary/aromatic N) is 2. The second kappa shape index (κ2) is 5.34. The van der Waals surface area contributed by atoms with Crippen LogP contribution < -0.4 is 0 Å². The molecule has 1 heterocycles. The molecule has 0 aliphatic carbocycles. The molecule has 0 atom stereocenters. The van der Waals surface area contributed by atoms with E-state index in [9.17, 15) is 15.2 Å². The van der Waals surface area contributed by atoms with Crippen LogP contribution in [-0.2, 0) is 0 Å². The van der Waals surface area contributed by atoms with Crippen molar-refractivity contribution >= 4 is 39.4 Å². The number of nitro benzene ring substituents is 1. The summed E-state index contributed by atoms with van der Waals surface area (Å²) in [6.07, 6.45) is 3.55. The van der Waals surface area contributed by atoms with Gasteiger partial charge in [-0.1, -0.05) is 24.3 Å². The van der Waals surface area contributed by atoms with Gasteiger partial charge in [-0.3, -0.25) is 10.1 Å². The predicted octanol–water partition coefficient (Wildman–Crippen LogP) is 4.08. The number of thiazole rings is 1. The fourth-order valence-electron chi connectivity index (χ4n) is 1.92. The van der Waals surface area contributed by atoms with Gasteiger partial charge in [0.15, 0.2) is 5.75 Å². The van der Waals surface area contributed by atoms with E-state index in [0.717, 1.165) is 15.2 Å². The topological polar surface area (TPSA) is 76.3 Å². The highest BCUT2D eigenvalue weighted by Crippen LogP contribution is 2.28. The summed E-state index contributed by atoms with van der Waals surface area (Å²) in [5, 5.41) is 21.0. The van der Waals surface area contributed by atoms with E-state index in [1.54, 1.807) is 29.6 Å². The van der Waals surface area contributed by atoms with Crippen LogP contribution in [0.5, 0.6) is 5.75 Å². The lowest BCUT2D eigenvalue weighted by Crippen LogP contribution is -1.88. The highest BCUT2D eigenvalue weighted by Gasteiger charge is 2.12. The van der Waals surface area contributed by atoms with E-state index >= 15 is 0 Å². The summed E-state index contributed by atoms with van der Waals surface area (Å²) in [5.74, 6) is -0.336. The first-order valence-corrected chi connectivity index (χ1v) is 6.96. The number of para-hydroxylation sites is 1. The molecule has 21 heavy (non-hydrogen) atoms. The zero-order valence-electron chi connectivity index (χ0n) is 10.8. The Morgan fingerprint density at radius 3 is 2.76 bits per heavy atom. The van der Waals surface area contributed by atoms with E-state index in [0.29, 0.717) is 5.56 Å². The molecule has 2 aromatic carbocycles. The number of aromatic nitrogens is 1. The average molecular weight is 298 g/mol. The molecule has 0 saturated carbocycles. The second-order valence-corrected chi connectivity index (χ2v) is 5.42. The van der Waals surface area contributed by atoms with Crippen molar-refractivity contribution in [1.82, 2.24) is 4.98 Å². The molecular formula is C15H10N2O3S. The van der Waals surface area contributed by atoms with Gasteiger partial charge in [0.25, 0.3) is 0 Å². The van der Waals surface area contributed by atoms with Crippen LogP contribution in [0.4, 0.5) is 5.69 Å². The Bertz CT molecular complexity index is 822. The van der Waals surface area contributed by atoms with Gasteiger partial charge in [0, 0.05) is 6.07 Å². The summed E-state index contributed by atoms with van der Waals surface area (Å²) < 4.78 is 1.09. The van der Waals surface area contributed by atoms with Crippen LogP contribution in [0.3, 0.4) is 0 Å². The number of rotatable bonds is 3. The highest BCUT2D eigenvalue weighted by atomic mass is 32.1. The molecule has 104 valence electrons. The molecule has 0 aliphatic heterocycles. The van der Waals surface area contributed by atoms with Gasteiger partial charge in [-0.2, -0.15) is 0 Å². The number of nitro groups is 1. The Labute approximate surface area is 124 Å². The van der Waals surface area contributed by atoms with Gasteiger partial charge in [-0.05, 0) is 29.8 Å². The number of hydrogen-bond donors (Lipinski definition) is 1. The van der Waals surface area contributed by atoms with E-state index in [1.807, 2.05) is 24.3 Å². The molecule has 3 rings (SSSR count). The van der Waals surface area contributed by atoms with Crippen molar-refractivity contribution < 1.29 is 10.0 Å². The number of aromatic hydroxyl groups is 1. The molecule has 5 nitrogen and oxygen atoms in total. The van der Waals surface area contributed by atoms with Crippen molar-refractivity contribution in [2.24, 2.45) is 0 Å². The molecule has 0 radical (unpaired) electrons. The minimum atomic E-state index is -0.607. The van der Waals surface area contributed by atoms with E-state index in [1.165, 1.54) is 12.1 Å². The zero-order valence-corrected chi connectivity index (χ0v) is 11.6. The van der Waals surface area contributed by atoms with Crippen molar-refractivity contribution in [2.45, 2.75) is 0 Å². The number of hydrogen-bond acceptors (Lipinski definition) is 5. The molecule has 0 saturated heterocycles. The van der Waals surface area contributed by atoms with Crippen LogP contribution in [-0.4, -0.2) is 15.0 Å². The van der Waals surface area contributed by atoms with Crippen molar-refractivity contribution in [2.75, 3.05) is 0 Å². The fraction of sp³-hybridized carbons (Fsp3) is 0. The van der Waals surface area contributed by atoms with Crippen LogP contribution in [0.25, 0.3) is 22.4 Å². The minimum Gasteiger partial charge on any atom is -0.502 e. The van der Waals surface area contributed by atoms with Gasteiger partial charge < -0.3 is 5.11 Å². The molecule has 0 aliphatic rings. The highest BCUT2D eigenvalue weighted by molar-refractivity contribution is 7.19. The smallest absolute Gasteiger partial charge is 0.311 e. The summed E-state index contributed by atoms with van der Waals surface area (Å²) in [4.78, 5) is 14.6. The minimum absolute atomic E-state index is 0.304. The maximum atomic E-state index is 10.8. The quantitative estimate of drug-likeness (QED) is 0.584.